The lowest BCUT2D eigenvalue weighted by atomic mass is 9.98. The van der Waals surface area contributed by atoms with Gasteiger partial charge in [0.25, 0.3) is 5.91 Å². The standard InChI is InChI=1S/C26H29N3O5S/c1-17-4-6-18(7-5-17)23-14-22(27-29(23)21-9-11-35(31,32)16-21)26(30)28-10-8-19-12-24(33-2)25(34-3)13-20(19)15-28/h4-7,12-14,21H,8-11,15-16H2,1-3H3/t21-/m0/s1. The van der Waals surface area contributed by atoms with E-state index in [9.17, 15) is 13.2 Å². The molecule has 1 aromatic heterocycles. The van der Waals surface area contributed by atoms with E-state index in [1.807, 2.05) is 43.3 Å². The van der Waals surface area contributed by atoms with E-state index in [0.29, 0.717) is 43.1 Å². The number of hydrogen-bond acceptors (Lipinski definition) is 6. The van der Waals surface area contributed by atoms with Crippen LogP contribution in [0.25, 0.3) is 11.3 Å². The van der Waals surface area contributed by atoms with Crippen LogP contribution in [0, 0.1) is 6.92 Å². The number of fused-ring (bicyclic) bond motifs is 1. The SMILES string of the molecule is COc1cc2c(cc1OC)CN(C(=O)c1cc(-c3ccc(C)cc3)n([C@H]3CCS(=O)(=O)C3)n1)CC2. The van der Waals surface area contributed by atoms with Crippen LogP contribution in [0.5, 0.6) is 11.5 Å². The number of carbonyl (C=O) groups is 1. The zero-order chi connectivity index (χ0) is 24.7. The minimum Gasteiger partial charge on any atom is -0.493 e. The lowest BCUT2D eigenvalue weighted by molar-refractivity contribution is 0.0727. The molecule has 1 saturated heterocycles. The summed E-state index contributed by atoms with van der Waals surface area (Å²) in [7, 11) is 0.102. The maximum absolute atomic E-state index is 13.6. The zero-order valence-corrected chi connectivity index (χ0v) is 21.0. The van der Waals surface area contributed by atoms with Gasteiger partial charge in [-0.15, -0.1) is 0 Å². The Morgan fingerprint density at radius 1 is 1.03 bits per heavy atom. The van der Waals surface area contributed by atoms with Crippen molar-refractivity contribution in [2.75, 3.05) is 32.3 Å². The quantitative estimate of drug-likeness (QED) is 0.539. The number of benzene rings is 2. The number of carbonyl (C=O) groups excluding carboxylic acids is 1. The molecule has 0 unspecified atom stereocenters. The van der Waals surface area contributed by atoms with Gasteiger partial charge < -0.3 is 14.4 Å². The number of rotatable bonds is 5. The number of ether oxygens (including phenoxy) is 2. The molecule has 1 amide bonds. The van der Waals surface area contributed by atoms with Gasteiger partial charge in [0.1, 0.15) is 0 Å². The summed E-state index contributed by atoms with van der Waals surface area (Å²) in [4.78, 5) is 15.3. The van der Waals surface area contributed by atoms with E-state index < -0.39 is 9.84 Å². The summed E-state index contributed by atoms with van der Waals surface area (Å²) in [5, 5.41) is 4.67. The zero-order valence-electron chi connectivity index (χ0n) is 20.2. The molecule has 0 saturated carbocycles. The Balaban J connectivity index is 1.47. The van der Waals surface area contributed by atoms with Gasteiger partial charge >= 0.3 is 0 Å². The molecule has 35 heavy (non-hydrogen) atoms. The molecule has 8 nitrogen and oxygen atoms in total. The molecular weight excluding hydrogens is 466 g/mol. The fourth-order valence-electron chi connectivity index (χ4n) is 4.90. The number of hydrogen-bond donors (Lipinski definition) is 0. The molecule has 0 spiro atoms. The van der Waals surface area contributed by atoms with E-state index in [0.717, 1.165) is 27.9 Å². The molecule has 0 radical (unpaired) electrons. The lowest BCUT2D eigenvalue weighted by Crippen LogP contribution is -2.36. The largest absolute Gasteiger partial charge is 0.493 e. The van der Waals surface area contributed by atoms with E-state index in [2.05, 4.69) is 5.10 Å². The molecule has 5 rings (SSSR count). The molecule has 2 aromatic carbocycles. The van der Waals surface area contributed by atoms with Crippen molar-refractivity contribution in [1.29, 1.82) is 0 Å². The maximum atomic E-state index is 13.6. The van der Waals surface area contributed by atoms with Gasteiger partial charge in [-0.2, -0.15) is 5.10 Å². The molecule has 3 heterocycles. The number of amides is 1. The molecule has 0 aliphatic carbocycles. The summed E-state index contributed by atoms with van der Waals surface area (Å²) >= 11 is 0. The highest BCUT2D eigenvalue weighted by Gasteiger charge is 2.33. The van der Waals surface area contributed by atoms with Crippen molar-refractivity contribution in [3.8, 4) is 22.8 Å². The van der Waals surface area contributed by atoms with Crippen molar-refractivity contribution >= 4 is 15.7 Å². The summed E-state index contributed by atoms with van der Waals surface area (Å²) < 4.78 is 36.9. The Bertz CT molecular complexity index is 1380. The van der Waals surface area contributed by atoms with E-state index in [1.54, 1.807) is 29.9 Å². The topological polar surface area (TPSA) is 90.7 Å². The molecule has 0 N–H and O–H groups in total. The van der Waals surface area contributed by atoms with Crippen LogP contribution in [0.2, 0.25) is 0 Å². The average Bonchev–Trinajstić information content (AvgIpc) is 3.46. The van der Waals surface area contributed by atoms with Crippen LogP contribution in [0.1, 0.15) is 39.6 Å². The van der Waals surface area contributed by atoms with Crippen LogP contribution < -0.4 is 9.47 Å². The van der Waals surface area contributed by atoms with Crippen molar-refractivity contribution in [2.45, 2.75) is 32.4 Å². The van der Waals surface area contributed by atoms with Crippen LogP contribution in [0.15, 0.2) is 42.5 Å². The maximum Gasteiger partial charge on any atom is 0.274 e. The fourth-order valence-corrected chi connectivity index (χ4v) is 6.60. The molecular formula is C26H29N3O5S. The summed E-state index contributed by atoms with van der Waals surface area (Å²) in [6.07, 6.45) is 1.20. The second-order valence-corrected chi connectivity index (χ2v) is 11.5. The smallest absolute Gasteiger partial charge is 0.274 e. The van der Waals surface area contributed by atoms with Crippen molar-refractivity contribution < 1.29 is 22.7 Å². The number of methoxy groups -OCH3 is 2. The van der Waals surface area contributed by atoms with Gasteiger partial charge in [-0.05, 0) is 54.7 Å². The van der Waals surface area contributed by atoms with Crippen LogP contribution in [0.3, 0.4) is 0 Å². The first-order valence-corrected chi connectivity index (χ1v) is 13.5. The van der Waals surface area contributed by atoms with Gasteiger partial charge in [0.15, 0.2) is 27.0 Å². The van der Waals surface area contributed by atoms with Gasteiger partial charge in [0, 0.05) is 13.1 Å². The van der Waals surface area contributed by atoms with Gasteiger partial charge in [-0.3, -0.25) is 9.48 Å². The first-order chi connectivity index (χ1) is 16.8. The summed E-state index contributed by atoms with van der Waals surface area (Å²) in [5.41, 5.74) is 5.27. The molecule has 184 valence electrons. The number of nitrogens with zero attached hydrogens (tertiary/aromatic N) is 3. The minimum absolute atomic E-state index is 0.0416. The Labute approximate surface area is 205 Å². The number of aryl methyl sites for hydroxylation is 1. The highest BCUT2D eigenvalue weighted by molar-refractivity contribution is 7.91. The Morgan fingerprint density at radius 2 is 1.71 bits per heavy atom. The third-order valence-electron chi connectivity index (χ3n) is 6.86. The van der Waals surface area contributed by atoms with Gasteiger partial charge in [-0.1, -0.05) is 29.8 Å². The second-order valence-electron chi connectivity index (χ2n) is 9.23. The van der Waals surface area contributed by atoms with Crippen molar-refractivity contribution in [2.24, 2.45) is 0 Å². The van der Waals surface area contributed by atoms with Gasteiger partial charge in [0.2, 0.25) is 0 Å². The minimum atomic E-state index is -3.10. The van der Waals surface area contributed by atoms with Gasteiger partial charge in [0.05, 0.1) is 37.5 Å². The average molecular weight is 496 g/mol. The molecule has 2 aliphatic heterocycles. The summed E-state index contributed by atoms with van der Waals surface area (Å²) in [6, 6.07) is 13.4. The van der Waals surface area contributed by atoms with E-state index >= 15 is 0 Å². The normalized spacial score (nSPS) is 18.8. The highest BCUT2D eigenvalue weighted by Crippen LogP contribution is 2.34. The van der Waals surface area contributed by atoms with E-state index in [1.165, 1.54) is 0 Å². The monoisotopic (exact) mass is 495 g/mol. The number of aromatic nitrogens is 2. The van der Waals surface area contributed by atoms with Crippen LogP contribution >= 0.6 is 0 Å². The van der Waals surface area contributed by atoms with Crippen molar-refractivity contribution in [1.82, 2.24) is 14.7 Å². The van der Waals surface area contributed by atoms with Crippen LogP contribution in [-0.4, -0.2) is 61.3 Å². The summed E-state index contributed by atoms with van der Waals surface area (Å²) in [5.74, 6) is 1.33. The van der Waals surface area contributed by atoms with Crippen molar-refractivity contribution in [3.05, 3.63) is 64.8 Å². The summed E-state index contributed by atoms with van der Waals surface area (Å²) in [6.45, 7) is 3.02. The third kappa shape index (κ3) is 4.52. The second kappa shape index (κ2) is 9.03. The van der Waals surface area contributed by atoms with Gasteiger partial charge in [-0.25, -0.2) is 8.42 Å². The molecule has 2 aliphatic rings. The lowest BCUT2D eigenvalue weighted by Gasteiger charge is -2.29. The molecule has 9 heteroatoms. The van der Waals surface area contributed by atoms with Crippen LogP contribution in [-0.2, 0) is 22.8 Å². The third-order valence-corrected chi connectivity index (χ3v) is 8.61. The highest BCUT2D eigenvalue weighted by atomic mass is 32.2. The first kappa shape index (κ1) is 23.4. The predicted octanol–water partition coefficient (Wildman–Crippen LogP) is 3.43. The van der Waals surface area contributed by atoms with Crippen LogP contribution in [0.4, 0.5) is 0 Å². The molecule has 1 atom stereocenters. The Morgan fingerprint density at radius 3 is 2.34 bits per heavy atom. The molecule has 1 fully saturated rings. The number of sulfone groups is 1. The Hall–Kier alpha value is -3.33. The fraction of sp³-hybridized carbons (Fsp3) is 0.385. The van der Waals surface area contributed by atoms with E-state index in [4.69, 9.17) is 9.47 Å². The van der Waals surface area contributed by atoms with E-state index in [-0.39, 0.29) is 23.5 Å². The predicted molar refractivity (Wildman–Crippen MR) is 133 cm³/mol. The molecule has 3 aromatic rings. The van der Waals surface area contributed by atoms with Crippen molar-refractivity contribution in [3.63, 3.8) is 0 Å². The molecule has 0 bridgehead atoms. The first-order valence-electron chi connectivity index (χ1n) is 11.7. The Kier molecular flexibility index (Phi) is 6.04.